The number of thioether (sulfide) groups is 1. The number of hydrogen-bond acceptors (Lipinski definition) is 6. The van der Waals surface area contributed by atoms with Gasteiger partial charge in [-0.25, -0.2) is 4.98 Å². The van der Waals surface area contributed by atoms with Crippen molar-refractivity contribution in [3.63, 3.8) is 0 Å². The Morgan fingerprint density at radius 1 is 1.71 bits per heavy atom. The van der Waals surface area contributed by atoms with Crippen LogP contribution >= 0.6 is 23.3 Å². The van der Waals surface area contributed by atoms with Gasteiger partial charge in [-0.2, -0.15) is 4.37 Å². The molecule has 1 heterocycles. The second-order valence-corrected chi connectivity index (χ2v) is 5.48. The molecule has 0 saturated carbocycles. The highest BCUT2D eigenvalue weighted by Gasteiger charge is 2.16. The van der Waals surface area contributed by atoms with E-state index in [0.717, 1.165) is 22.9 Å². The molecule has 0 aromatic carbocycles. The van der Waals surface area contributed by atoms with Gasteiger partial charge in [0.15, 0.2) is 4.34 Å². The summed E-state index contributed by atoms with van der Waals surface area (Å²) >= 11 is 3.07. The summed E-state index contributed by atoms with van der Waals surface area (Å²) in [4.78, 5) is 4.05. The van der Waals surface area contributed by atoms with Crippen LogP contribution < -0.4 is 5.73 Å². The minimum atomic E-state index is -0.721. The van der Waals surface area contributed by atoms with E-state index in [2.05, 4.69) is 9.36 Å². The fourth-order valence-corrected chi connectivity index (χ4v) is 2.39. The molecule has 0 amide bonds. The molecular formula is C8H15N3OS2. The maximum atomic E-state index is 9.62. The smallest absolute Gasteiger partial charge is 0.169 e. The van der Waals surface area contributed by atoms with Crippen LogP contribution in [0.4, 0.5) is 0 Å². The molecule has 4 nitrogen and oxygen atoms in total. The van der Waals surface area contributed by atoms with Crippen molar-refractivity contribution < 1.29 is 5.11 Å². The van der Waals surface area contributed by atoms with Crippen molar-refractivity contribution in [1.82, 2.24) is 9.36 Å². The summed E-state index contributed by atoms with van der Waals surface area (Å²) in [5.74, 6) is 0.950. The van der Waals surface area contributed by atoms with Gasteiger partial charge in [0.1, 0.15) is 6.33 Å². The van der Waals surface area contributed by atoms with Gasteiger partial charge < -0.3 is 10.8 Å². The van der Waals surface area contributed by atoms with Crippen molar-refractivity contribution in [2.24, 2.45) is 5.73 Å². The summed E-state index contributed by atoms with van der Waals surface area (Å²) in [6.45, 7) is 2.08. The molecule has 0 bridgehead atoms. The van der Waals surface area contributed by atoms with Crippen LogP contribution in [0.5, 0.6) is 0 Å². The van der Waals surface area contributed by atoms with Gasteiger partial charge in [-0.3, -0.25) is 0 Å². The Morgan fingerprint density at radius 2 is 2.50 bits per heavy atom. The third kappa shape index (κ3) is 4.36. The van der Waals surface area contributed by atoms with E-state index in [4.69, 9.17) is 5.73 Å². The minimum absolute atomic E-state index is 0.316. The van der Waals surface area contributed by atoms with Gasteiger partial charge in [0.25, 0.3) is 0 Å². The highest BCUT2D eigenvalue weighted by atomic mass is 32.2. The zero-order valence-electron chi connectivity index (χ0n) is 8.14. The maximum absolute atomic E-state index is 9.62. The van der Waals surface area contributed by atoms with E-state index >= 15 is 0 Å². The molecule has 0 aliphatic carbocycles. The molecule has 0 radical (unpaired) electrons. The van der Waals surface area contributed by atoms with Crippen molar-refractivity contribution in [2.75, 3.05) is 12.3 Å². The molecule has 3 N–H and O–H groups in total. The third-order valence-electron chi connectivity index (χ3n) is 1.87. The summed E-state index contributed by atoms with van der Waals surface area (Å²) in [5.41, 5.74) is 4.69. The number of nitrogens with two attached hydrogens (primary N) is 1. The van der Waals surface area contributed by atoms with Crippen molar-refractivity contribution in [3.05, 3.63) is 6.33 Å². The topological polar surface area (TPSA) is 72.0 Å². The summed E-state index contributed by atoms with van der Waals surface area (Å²) in [6, 6.07) is 0. The first kappa shape index (κ1) is 11.9. The fourth-order valence-electron chi connectivity index (χ4n) is 0.941. The zero-order chi connectivity index (χ0) is 10.4. The standard InChI is InChI=1S/C8H15N3OS2/c1-8(12,5-9)3-2-4-13-7-10-6-11-14-7/h6,12H,2-5,9H2,1H3. The van der Waals surface area contributed by atoms with Gasteiger partial charge in [0, 0.05) is 12.3 Å². The number of rotatable bonds is 6. The summed E-state index contributed by atoms with van der Waals surface area (Å²) in [5, 5.41) is 9.62. The molecule has 1 aromatic rings. The predicted octanol–water partition coefficient (Wildman–Crippen LogP) is 1.12. The minimum Gasteiger partial charge on any atom is -0.389 e. The average molecular weight is 233 g/mol. The van der Waals surface area contributed by atoms with Gasteiger partial charge in [-0.1, -0.05) is 11.8 Å². The van der Waals surface area contributed by atoms with Gasteiger partial charge >= 0.3 is 0 Å². The molecule has 0 aliphatic rings. The van der Waals surface area contributed by atoms with Crippen LogP contribution in [0.3, 0.4) is 0 Å². The maximum Gasteiger partial charge on any atom is 0.169 e. The third-order valence-corrected chi connectivity index (χ3v) is 3.75. The molecule has 0 spiro atoms. The van der Waals surface area contributed by atoms with Crippen molar-refractivity contribution in [2.45, 2.75) is 29.7 Å². The summed E-state index contributed by atoms with van der Waals surface area (Å²) < 4.78 is 4.89. The Morgan fingerprint density at radius 3 is 3.07 bits per heavy atom. The molecular weight excluding hydrogens is 218 g/mol. The lowest BCUT2D eigenvalue weighted by Gasteiger charge is -2.20. The normalized spacial score (nSPS) is 15.4. The SMILES string of the molecule is CC(O)(CN)CCCSc1ncns1. The zero-order valence-corrected chi connectivity index (χ0v) is 9.77. The molecule has 6 heteroatoms. The molecule has 14 heavy (non-hydrogen) atoms. The second kappa shape index (κ2) is 5.65. The van der Waals surface area contributed by atoms with Crippen LogP contribution in [0.2, 0.25) is 0 Å². The molecule has 1 atom stereocenters. The van der Waals surface area contributed by atoms with Gasteiger partial charge in [-0.15, -0.1) is 0 Å². The lowest BCUT2D eigenvalue weighted by atomic mass is 10.0. The molecule has 0 aliphatic heterocycles. The highest BCUT2D eigenvalue weighted by Crippen LogP contribution is 2.21. The molecule has 1 rings (SSSR count). The van der Waals surface area contributed by atoms with E-state index in [1.807, 2.05) is 0 Å². The Kier molecular flexibility index (Phi) is 4.80. The Balaban J connectivity index is 2.11. The Hall–Kier alpha value is -0.170. The molecule has 0 saturated heterocycles. The van der Waals surface area contributed by atoms with Crippen LogP contribution in [0.25, 0.3) is 0 Å². The highest BCUT2D eigenvalue weighted by molar-refractivity contribution is 8.00. The van der Waals surface area contributed by atoms with Crippen LogP contribution in [0.15, 0.2) is 10.7 Å². The quantitative estimate of drug-likeness (QED) is 0.569. The second-order valence-electron chi connectivity index (χ2n) is 3.36. The first-order valence-electron chi connectivity index (χ1n) is 4.46. The van der Waals surface area contributed by atoms with Crippen LogP contribution in [-0.2, 0) is 0 Å². The van der Waals surface area contributed by atoms with E-state index in [0.29, 0.717) is 6.54 Å². The lowest BCUT2D eigenvalue weighted by molar-refractivity contribution is 0.0596. The van der Waals surface area contributed by atoms with Gasteiger partial charge in [-0.05, 0) is 31.3 Å². The van der Waals surface area contributed by atoms with E-state index in [-0.39, 0.29) is 0 Å². The van der Waals surface area contributed by atoms with E-state index < -0.39 is 5.60 Å². The predicted molar refractivity (Wildman–Crippen MR) is 59.5 cm³/mol. The van der Waals surface area contributed by atoms with Crippen molar-refractivity contribution in [3.8, 4) is 0 Å². The first-order valence-corrected chi connectivity index (χ1v) is 6.22. The van der Waals surface area contributed by atoms with Crippen LogP contribution in [0.1, 0.15) is 19.8 Å². The van der Waals surface area contributed by atoms with E-state index in [9.17, 15) is 5.11 Å². The first-order chi connectivity index (χ1) is 6.64. The summed E-state index contributed by atoms with van der Waals surface area (Å²) in [6.07, 6.45) is 3.23. The van der Waals surface area contributed by atoms with Gasteiger partial charge in [0.05, 0.1) is 5.60 Å². The van der Waals surface area contributed by atoms with E-state index in [1.165, 1.54) is 11.5 Å². The Bertz CT molecular complexity index is 251. The number of aromatic nitrogens is 2. The summed E-state index contributed by atoms with van der Waals surface area (Å²) in [7, 11) is 0. The van der Waals surface area contributed by atoms with Crippen molar-refractivity contribution >= 4 is 23.3 Å². The Labute approximate surface area is 92.1 Å². The number of nitrogens with zero attached hydrogens (tertiary/aromatic N) is 2. The van der Waals surface area contributed by atoms with Gasteiger partial charge in [0.2, 0.25) is 0 Å². The van der Waals surface area contributed by atoms with Crippen molar-refractivity contribution in [1.29, 1.82) is 0 Å². The van der Waals surface area contributed by atoms with Crippen LogP contribution in [-0.4, -0.2) is 32.4 Å². The van der Waals surface area contributed by atoms with Crippen LogP contribution in [0, 0.1) is 0 Å². The largest absolute Gasteiger partial charge is 0.389 e. The molecule has 1 unspecified atom stereocenters. The fraction of sp³-hybridized carbons (Fsp3) is 0.750. The molecule has 0 fully saturated rings. The monoisotopic (exact) mass is 233 g/mol. The number of aliphatic hydroxyl groups is 1. The van der Waals surface area contributed by atoms with E-state index in [1.54, 1.807) is 25.0 Å². The number of hydrogen-bond donors (Lipinski definition) is 2. The molecule has 80 valence electrons. The average Bonchev–Trinajstić information content (AvgIpc) is 2.65. The molecule has 1 aromatic heterocycles. The lowest BCUT2D eigenvalue weighted by Crippen LogP contribution is -2.34.